The molecule has 0 saturated heterocycles. The SMILES string of the molecule is Cc1ccc(S(=O)(=O)N(CCCC#N)CCCOS(=O)(=O)Cc2ccccc2)cc1. The van der Waals surface area contributed by atoms with E-state index in [4.69, 9.17) is 9.44 Å². The minimum absolute atomic E-state index is 0.0997. The molecule has 0 aliphatic rings. The largest absolute Gasteiger partial charge is 0.271 e. The predicted octanol–water partition coefficient (Wildman–Crippen LogP) is 3.23. The molecule has 0 saturated carbocycles. The third-order valence-corrected chi connectivity index (χ3v) is 7.48. The molecule has 2 aromatic rings. The molecule has 0 unspecified atom stereocenters. The predicted molar refractivity (Wildman–Crippen MR) is 114 cm³/mol. The third-order valence-electron chi connectivity index (χ3n) is 4.36. The van der Waals surface area contributed by atoms with E-state index in [1.54, 1.807) is 54.6 Å². The van der Waals surface area contributed by atoms with Crippen LogP contribution in [0.4, 0.5) is 0 Å². The van der Waals surface area contributed by atoms with Crippen LogP contribution in [0.15, 0.2) is 59.5 Å². The number of rotatable bonds is 12. The summed E-state index contributed by atoms with van der Waals surface area (Å²) in [4.78, 5) is 0.169. The Morgan fingerprint density at radius 3 is 2.20 bits per heavy atom. The molecule has 0 spiro atoms. The van der Waals surface area contributed by atoms with Crippen molar-refractivity contribution in [2.24, 2.45) is 0 Å². The average molecular weight is 451 g/mol. The number of nitriles is 1. The Morgan fingerprint density at radius 1 is 0.933 bits per heavy atom. The normalized spacial score (nSPS) is 12.0. The molecule has 0 fully saturated rings. The zero-order chi connectivity index (χ0) is 22.0. The van der Waals surface area contributed by atoms with E-state index in [0.29, 0.717) is 12.0 Å². The van der Waals surface area contributed by atoms with E-state index in [1.807, 2.05) is 13.0 Å². The smallest absolute Gasteiger partial charge is 0.270 e. The van der Waals surface area contributed by atoms with E-state index in [9.17, 15) is 16.8 Å². The number of unbranched alkanes of at least 4 members (excludes halogenated alkanes) is 1. The molecule has 0 aliphatic carbocycles. The number of aryl methyl sites for hydroxylation is 1. The fraction of sp³-hybridized carbons (Fsp3) is 0.381. The molecule has 2 rings (SSSR count). The maximum absolute atomic E-state index is 13.0. The molecule has 0 aliphatic heterocycles. The lowest BCUT2D eigenvalue weighted by atomic mass is 10.2. The first kappa shape index (κ1) is 24.0. The van der Waals surface area contributed by atoms with Crippen molar-refractivity contribution in [2.75, 3.05) is 19.7 Å². The van der Waals surface area contributed by atoms with Crippen LogP contribution in [0.2, 0.25) is 0 Å². The van der Waals surface area contributed by atoms with Gasteiger partial charge in [-0.1, -0.05) is 48.0 Å². The van der Waals surface area contributed by atoms with Gasteiger partial charge < -0.3 is 0 Å². The van der Waals surface area contributed by atoms with Crippen LogP contribution >= 0.6 is 0 Å². The van der Waals surface area contributed by atoms with E-state index < -0.39 is 20.1 Å². The van der Waals surface area contributed by atoms with Crippen LogP contribution < -0.4 is 0 Å². The fourth-order valence-electron chi connectivity index (χ4n) is 2.79. The first-order valence-electron chi connectivity index (χ1n) is 9.59. The molecule has 7 nitrogen and oxygen atoms in total. The zero-order valence-electron chi connectivity index (χ0n) is 16.9. The topological polar surface area (TPSA) is 105 Å². The maximum atomic E-state index is 13.0. The molecule has 30 heavy (non-hydrogen) atoms. The van der Waals surface area contributed by atoms with Crippen molar-refractivity contribution in [3.05, 3.63) is 65.7 Å². The molecule has 0 N–H and O–H groups in total. The van der Waals surface area contributed by atoms with E-state index in [2.05, 4.69) is 0 Å². The summed E-state index contributed by atoms with van der Waals surface area (Å²) >= 11 is 0. The molecule has 9 heteroatoms. The van der Waals surface area contributed by atoms with E-state index in [0.717, 1.165) is 5.56 Å². The van der Waals surface area contributed by atoms with Crippen molar-refractivity contribution in [1.29, 1.82) is 5.26 Å². The highest BCUT2D eigenvalue weighted by Gasteiger charge is 2.24. The van der Waals surface area contributed by atoms with Crippen molar-refractivity contribution < 1.29 is 21.0 Å². The van der Waals surface area contributed by atoms with Gasteiger partial charge in [0.15, 0.2) is 0 Å². The van der Waals surface area contributed by atoms with Gasteiger partial charge in [0, 0.05) is 19.5 Å². The quantitative estimate of drug-likeness (QED) is 0.363. The highest BCUT2D eigenvalue weighted by molar-refractivity contribution is 7.89. The first-order valence-corrected chi connectivity index (χ1v) is 12.6. The summed E-state index contributed by atoms with van der Waals surface area (Å²) in [5.74, 6) is -0.235. The van der Waals surface area contributed by atoms with Crippen LogP contribution in [0.25, 0.3) is 0 Å². The highest BCUT2D eigenvalue weighted by Crippen LogP contribution is 2.18. The molecule has 0 bridgehead atoms. The van der Waals surface area contributed by atoms with Gasteiger partial charge in [-0.3, -0.25) is 4.18 Å². The Bertz CT molecular complexity index is 1040. The summed E-state index contributed by atoms with van der Waals surface area (Å²) in [6, 6.07) is 17.2. The van der Waals surface area contributed by atoms with Gasteiger partial charge in [0.2, 0.25) is 10.0 Å². The summed E-state index contributed by atoms with van der Waals surface area (Å²) in [5, 5.41) is 8.75. The zero-order valence-corrected chi connectivity index (χ0v) is 18.5. The number of hydrogen-bond acceptors (Lipinski definition) is 6. The molecular formula is C21H26N2O5S2. The van der Waals surface area contributed by atoms with Crippen molar-refractivity contribution in [3.63, 3.8) is 0 Å². The summed E-state index contributed by atoms with van der Waals surface area (Å²) in [5.41, 5.74) is 1.57. The van der Waals surface area contributed by atoms with Crippen molar-refractivity contribution in [1.82, 2.24) is 4.31 Å². The minimum Gasteiger partial charge on any atom is -0.270 e. The summed E-state index contributed by atoms with van der Waals surface area (Å²) in [6.45, 7) is 2.03. The standard InChI is InChI=1S/C21H26N2O5S2/c1-19-10-12-21(13-11-19)30(26,27)23(15-6-5-14-22)16-7-17-28-29(24,25)18-20-8-3-2-4-9-20/h2-4,8-13H,5-7,15-18H2,1H3. The lowest BCUT2D eigenvalue weighted by Crippen LogP contribution is -2.33. The second-order valence-electron chi connectivity index (χ2n) is 6.84. The van der Waals surface area contributed by atoms with Gasteiger partial charge in [-0.15, -0.1) is 0 Å². The van der Waals surface area contributed by atoms with Crippen molar-refractivity contribution in [3.8, 4) is 6.07 Å². The Kier molecular flexibility index (Phi) is 8.99. The third kappa shape index (κ3) is 7.54. The molecule has 0 radical (unpaired) electrons. The summed E-state index contributed by atoms with van der Waals surface area (Å²) in [7, 11) is -7.50. The summed E-state index contributed by atoms with van der Waals surface area (Å²) < 4.78 is 56.5. The molecule has 0 aromatic heterocycles. The molecular weight excluding hydrogens is 424 g/mol. The van der Waals surface area contributed by atoms with Gasteiger partial charge >= 0.3 is 0 Å². The molecule has 0 amide bonds. The Balaban J connectivity index is 1.97. The van der Waals surface area contributed by atoms with Crippen LogP contribution in [0.3, 0.4) is 0 Å². The first-order chi connectivity index (χ1) is 14.2. The monoisotopic (exact) mass is 450 g/mol. The van der Waals surface area contributed by atoms with Gasteiger partial charge in [-0.05, 0) is 37.5 Å². The minimum atomic E-state index is -3.76. The van der Waals surface area contributed by atoms with E-state index in [1.165, 1.54) is 4.31 Å². The Hall–Kier alpha value is -2.25. The van der Waals surface area contributed by atoms with E-state index >= 15 is 0 Å². The fourth-order valence-corrected chi connectivity index (χ4v) is 5.37. The van der Waals surface area contributed by atoms with Crippen LogP contribution in [0.1, 0.15) is 30.4 Å². The molecule has 0 heterocycles. The van der Waals surface area contributed by atoms with Crippen LogP contribution in [-0.2, 0) is 30.1 Å². The Morgan fingerprint density at radius 2 is 1.57 bits per heavy atom. The van der Waals surface area contributed by atoms with Gasteiger partial charge in [0.25, 0.3) is 10.1 Å². The van der Waals surface area contributed by atoms with Crippen LogP contribution in [-0.4, -0.2) is 40.8 Å². The number of benzene rings is 2. The van der Waals surface area contributed by atoms with Crippen LogP contribution in [0.5, 0.6) is 0 Å². The van der Waals surface area contributed by atoms with Crippen LogP contribution in [0, 0.1) is 18.3 Å². The maximum Gasteiger partial charge on any atom is 0.271 e. The lowest BCUT2D eigenvalue weighted by molar-refractivity contribution is 0.290. The van der Waals surface area contributed by atoms with Gasteiger partial charge in [0.1, 0.15) is 5.75 Å². The van der Waals surface area contributed by atoms with Crippen molar-refractivity contribution in [2.45, 2.75) is 36.8 Å². The molecule has 162 valence electrons. The van der Waals surface area contributed by atoms with Gasteiger partial charge in [-0.2, -0.15) is 18.0 Å². The lowest BCUT2D eigenvalue weighted by Gasteiger charge is -2.22. The number of hydrogen-bond donors (Lipinski definition) is 0. The molecule has 0 atom stereocenters. The average Bonchev–Trinajstić information content (AvgIpc) is 2.70. The second-order valence-corrected chi connectivity index (χ2v) is 10.4. The molecule has 2 aromatic carbocycles. The number of sulfonamides is 1. The van der Waals surface area contributed by atoms with Crippen molar-refractivity contribution >= 4 is 20.1 Å². The van der Waals surface area contributed by atoms with Gasteiger partial charge in [0.05, 0.1) is 17.6 Å². The number of nitrogens with zero attached hydrogens (tertiary/aromatic N) is 2. The highest BCUT2D eigenvalue weighted by atomic mass is 32.2. The Labute approximate surface area is 179 Å². The van der Waals surface area contributed by atoms with E-state index in [-0.39, 0.29) is 43.2 Å². The second kappa shape index (κ2) is 11.2. The summed E-state index contributed by atoms with van der Waals surface area (Å²) in [6.07, 6.45) is 0.849. The van der Waals surface area contributed by atoms with Gasteiger partial charge in [-0.25, -0.2) is 8.42 Å².